The zero-order valence-corrected chi connectivity index (χ0v) is 25.4. The number of carbonyl (C=O) groups is 5. The molecule has 3 N–H and O–H groups in total. The SMILES string of the molecule is C[C@@]12C(=O)N(c3ccccc3)C(=O)[C@@H]1C[C@@H]1C(=CC[C@@H]3C(=O)N(c4ccc(C(=O)O)c(O)c4)C(=O)[C@@H]31)[C@@H]2c1ccccc1OCCO. The van der Waals surface area contributed by atoms with Gasteiger partial charge in [-0.25, -0.2) is 14.6 Å². The van der Waals surface area contributed by atoms with Gasteiger partial charge in [-0.1, -0.05) is 48.0 Å². The van der Waals surface area contributed by atoms with Crippen LogP contribution in [0.1, 0.15) is 41.6 Å². The van der Waals surface area contributed by atoms with E-state index in [1.807, 2.05) is 18.2 Å². The molecule has 47 heavy (non-hydrogen) atoms. The van der Waals surface area contributed by atoms with E-state index >= 15 is 0 Å². The van der Waals surface area contributed by atoms with Crippen LogP contribution in [-0.4, -0.2) is 58.1 Å². The van der Waals surface area contributed by atoms with E-state index in [1.54, 1.807) is 49.4 Å². The number of para-hydroxylation sites is 2. The highest BCUT2D eigenvalue weighted by atomic mass is 16.5. The van der Waals surface area contributed by atoms with Crippen molar-refractivity contribution >= 4 is 41.0 Å². The first-order chi connectivity index (χ1) is 22.6. The van der Waals surface area contributed by atoms with Gasteiger partial charge in [0.2, 0.25) is 23.6 Å². The number of imide groups is 2. The van der Waals surface area contributed by atoms with Crippen molar-refractivity contribution in [2.24, 2.45) is 29.1 Å². The smallest absolute Gasteiger partial charge is 0.339 e. The van der Waals surface area contributed by atoms with Crippen molar-refractivity contribution < 1.29 is 44.0 Å². The van der Waals surface area contributed by atoms with E-state index in [0.29, 0.717) is 17.0 Å². The summed E-state index contributed by atoms with van der Waals surface area (Å²) in [5.41, 5.74) is 0.290. The van der Waals surface area contributed by atoms with Crippen LogP contribution >= 0.6 is 0 Å². The molecule has 0 unspecified atom stereocenters. The van der Waals surface area contributed by atoms with Gasteiger partial charge in [-0.2, -0.15) is 0 Å². The number of amides is 4. The topological polar surface area (TPSA) is 162 Å². The molecule has 11 heteroatoms. The van der Waals surface area contributed by atoms with E-state index in [9.17, 15) is 39.3 Å². The molecule has 1 saturated carbocycles. The molecule has 2 aliphatic heterocycles. The standard InChI is InChI=1S/C36H32N2O9/c1-36-26(32(42)38(35(36)46)19-7-3-2-4-8-19)18-25-21(30(36)23-9-5-6-10-28(23)47-16-15-39)13-14-24-29(25)33(43)37(31(24)41)20-11-12-22(34(44)45)27(40)17-20/h2-13,17,24-26,29-30,39-40H,14-16,18H2,1H3,(H,44,45)/t24-,25+,26-,29-,30+,36+/m0/s1. The minimum atomic E-state index is -1.35. The largest absolute Gasteiger partial charge is 0.507 e. The number of rotatable bonds is 7. The zero-order chi connectivity index (χ0) is 33.2. The maximum atomic E-state index is 14.5. The summed E-state index contributed by atoms with van der Waals surface area (Å²) in [5.74, 6) is -6.93. The number of carbonyl (C=O) groups excluding carboxylic acids is 4. The zero-order valence-electron chi connectivity index (χ0n) is 25.4. The Kier molecular flexibility index (Phi) is 7.24. The lowest BCUT2D eigenvalue weighted by molar-refractivity contribution is -0.131. The van der Waals surface area contributed by atoms with Crippen molar-refractivity contribution in [3.05, 3.63) is 95.6 Å². The molecule has 3 aromatic rings. The van der Waals surface area contributed by atoms with Gasteiger partial charge in [0.15, 0.2) is 0 Å². The Morgan fingerprint density at radius 1 is 0.894 bits per heavy atom. The summed E-state index contributed by atoms with van der Waals surface area (Å²) in [7, 11) is 0. The number of hydrogen-bond acceptors (Lipinski definition) is 8. The van der Waals surface area contributed by atoms with E-state index < -0.39 is 58.5 Å². The number of nitrogens with zero attached hydrogens (tertiary/aromatic N) is 2. The number of aromatic hydroxyl groups is 1. The number of fused-ring (bicyclic) bond motifs is 4. The molecule has 3 fully saturated rings. The average Bonchev–Trinajstić information content (AvgIpc) is 3.43. The summed E-state index contributed by atoms with van der Waals surface area (Å²) in [4.78, 5) is 70.6. The minimum Gasteiger partial charge on any atom is -0.507 e. The van der Waals surface area contributed by atoms with E-state index in [1.165, 1.54) is 11.0 Å². The van der Waals surface area contributed by atoms with Gasteiger partial charge < -0.3 is 20.1 Å². The number of aliphatic hydroxyl groups excluding tert-OH is 1. The van der Waals surface area contributed by atoms with Crippen molar-refractivity contribution in [2.45, 2.75) is 25.7 Å². The molecular weight excluding hydrogens is 604 g/mol. The lowest BCUT2D eigenvalue weighted by Crippen LogP contribution is -2.49. The van der Waals surface area contributed by atoms with Crippen molar-refractivity contribution in [2.75, 3.05) is 23.0 Å². The molecule has 0 bridgehead atoms. The normalized spacial score (nSPS) is 28.1. The second-order valence-corrected chi connectivity index (χ2v) is 12.6. The van der Waals surface area contributed by atoms with E-state index in [-0.39, 0.29) is 49.1 Å². The van der Waals surface area contributed by atoms with Gasteiger partial charge in [-0.15, -0.1) is 0 Å². The van der Waals surface area contributed by atoms with Crippen molar-refractivity contribution in [1.82, 2.24) is 0 Å². The van der Waals surface area contributed by atoms with Gasteiger partial charge in [0.25, 0.3) is 0 Å². The third-order valence-corrected chi connectivity index (χ3v) is 10.3. The first-order valence-corrected chi connectivity index (χ1v) is 15.5. The molecule has 2 aliphatic carbocycles. The fourth-order valence-electron chi connectivity index (χ4n) is 8.28. The Labute approximate surface area is 269 Å². The van der Waals surface area contributed by atoms with Crippen molar-refractivity contribution in [3.63, 3.8) is 0 Å². The van der Waals surface area contributed by atoms with Gasteiger partial charge in [0, 0.05) is 17.5 Å². The van der Waals surface area contributed by atoms with Gasteiger partial charge in [0.05, 0.1) is 41.2 Å². The van der Waals surface area contributed by atoms with Gasteiger partial charge >= 0.3 is 5.97 Å². The van der Waals surface area contributed by atoms with Crippen LogP contribution in [0, 0.1) is 29.1 Å². The first kappa shape index (κ1) is 30.4. The Hall–Kier alpha value is -5.29. The average molecular weight is 637 g/mol. The summed E-state index contributed by atoms with van der Waals surface area (Å²) in [6.45, 7) is 1.57. The number of aliphatic hydroxyl groups is 1. The molecular formula is C36H32N2O9. The number of hydrogen-bond donors (Lipinski definition) is 3. The molecule has 0 aromatic heterocycles. The summed E-state index contributed by atoms with van der Waals surface area (Å²) < 4.78 is 5.94. The van der Waals surface area contributed by atoms with Crippen LogP contribution in [0.25, 0.3) is 0 Å². The third kappa shape index (κ3) is 4.40. The molecule has 4 aliphatic rings. The van der Waals surface area contributed by atoms with Gasteiger partial charge in [-0.3, -0.25) is 19.2 Å². The molecule has 2 saturated heterocycles. The molecule has 0 radical (unpaired) electrons. The Balaban J connectivity index is 1.35. The summed E-state index contributed by atoms with van der Waals surface area (Å²) in [5, 5.41) is 29.2. The molecule has 240 valence electrons. The number of carboxylic acid groups (broad SMARTS) is 1. The lowest BCUT2D eigenvalue weighted by Gasteiger charge is -2.49. The molecule has 11 nitrogen and oxygen atoms in total. The van der Waals surface area contributed by atoms with Gasteiger partial charge in [-0.05, 0) is 56.0 Å². The number of ether oxygens (including phenoxy) is 1. The number of allylic oxidation sites excluding steroid dienone is 2. The van der Waals surface area contributed by atoms with Crippen LogP contribution in [-0.2, 0) is 19.2 Å². The first-order valence-electron chi connectivity index (χ1n) is 15.5. The molecule has 7 rings (SSSR count). The second kappa shape index (κ2) is 11.2. The number of aromatic carboxylic acids is 1. The highest BCUT2D eigenvalue weighted by Gasteiger charge is 2.68. The fraction of sp³-hybridized carbons (Fsp3) is 0.306. The summed E-state index contributed by atoms with van der Waals surface area (Å²) in [6.07, 6.45) is 2.28. The van der Waals surface area contributed by atoms with E-state index in [2.05, 4.69) is 0 Å². The summed E-state index contributed by atoms with van der Waals surface area (Å²) >= 11 is 0. The van der Waals surface area contributed by atoms with Crippen LogP contribution in [0.15, 0.2) is 84.4 Å². The number of anilines is 2. The van der Waals surface area contributed by atoms with E-state index in [4.69, 9.17) is 4.74 Å². The number of carboxylic acids is 1. The molecule has 0 spiro atoms. The predicted molar refractivity (Wildman–Crippen MR) is 168 cm³/mol. The summed E-state index contributed by atoms with van der Waals surface area (Å²) in [6, 6.07) is 19.4. The highest BCUT2D eigenvalue weighted by molar-refractivity contribution is 6.25. The van der Waals surface area contributed by atoms with Crippen molar-refractivity contribution in [1.29, 1.82) is 0 Å². The molecule has 3 aromatic carbocycles. The highest BCUT2D eigenvalue weighted by Crippen LogP contribution is 2.64. The van der Waals surface area contributed by atoms with Crippen LogP contribution in [0.2, 0.25) is 0 Å². The minimum absolute atomic E-state index is 0.00945. The fourth-order valence-corrected chi connectivity index (χ4v) is 8.28. The number of benzene rings is 3. The number of phenols is 1. The monoisotopic (exact) mass is 636 g/mol. The Morgan fingerprint density at radius 2 is 1.62 bits per heavy atom. The van der Waals surface area contributed by atoms with Crippen LogP contribution in [0.5, 0.6) is 11.5 Å². The Bertz CT molecular complexity index is 1870. The van der Waals surface area contributed by atoms with Crippen LogP contribution in [0.4, 0.5) is 11.4 Å². The molecule has 4 amide bonds. The molecule has 2 heterocycles. The van der Waals surface area contributed by atoms with Crippen LogP contribution < -0.4 is 14.5 Å². The Morgan fingerprint density at radius 3 is 2.32 bits per heavy atom. The predicted octanol–water partition coefficient (Wildman–Crippen LogP) is 3.90. The van der Waals surface area contributed by atoms with E-state index in [0.717, 1.165) is 22.6 Å². The van der Waals surface area contributed by atoms with Crippen LogP contribution in [0.3, 0.4) is 0 Å². The maximum absolute atomic E-state index is 14.5. The third-order valence-electron chi connectivity index (χ3n) is 10.3. The quantitative estimate of drug-likeness (QED) is 0.258. The van der Waals surface area contributed by atoms with Gasteiger partial charge in [0.1, 0.15) is 23.7 Å². The maximum Gasteiger partial charge on any atom is 0.339 e. The second-order valence-electron chi connectivity index (χ2n) is 12.6. The molecule has 6 atom stereocenters. The van der Waals surface area contributed by atoms with Crippen molar-refractivity contribution in [3.8, 4) is 11.5 Å². The lowest BCUT2D eigenvalue weighted by atomic mass is 9.51.